The van der Waals surface area contributed by atoms with Crippen LogP contribution in [0, 0.1) is 5.92 Å². The minimum absolute atomic E-state index is 0. The van der Waals surface area contributed by atoms with Gasteiger partial charge in [0, 0.05) is 37.2 Å². The second kappa shape index (κ2) is 10.4. The predicted molar refractivity (Wildman–Crippen MR) is 116 cm³/mol. The molecule has 0 aromatic heterocycles. The van der Waals surface area contributed by atoms with Crippen LogP contribution in [-0.4, -0.2) is 48.9 Å². The molecule has 0 saturated carbocycles. The lowest BCUT2D eigenvalue weighted by Crippen LogP contribution is -2.45. The number of nitrogens with zero attached hydrogens (tertiary/aromatic N) is 1. The van der Waals surface area contributed by atoms with Gasteiger partial charge in [0.2, 0.25) is 5.91 Å². The number of likely N-dealkylation sites (tertiary alicyclic amines) is 1. The van der Waals surface area contributed by atoms with Crippen LogP contribution < -0.4 is 10.6 Å². The van der Waals surface area contributed by atoms with E-state index in [2.05, 4.69) is 24.5 Å². The van der Waals surface area contributed by atoms with Crippen LogP contribution in [-0.2, 0) is 4.79 Å². The first-order chi connectivity index (χ1) is 13.1. The molecule has 0 radical (unpaired) electrons. The number of carbonyl (C=O) groups excluding carboxylic acids is 2. The van der Waals surface area contributed by atoms with E-state index in [0.29, 0.717) is 19.6 Å². The van der Waals surface area contributed by atoms with Crippen LogP contribution in [0.3, 0.4) is 0 Å². The Morgan fingerprint density at radius 2 is 1.79 bits per heavy atom. The van der Waals surface area contributed by atoms with Crippen molar-refractivity contribution in [2.75, 3.05) is 26.2 Å². The van der Waals surface area contributed by atoms with E-state index in [0.717, 1.165) is 35.7 Å². The fourth-order valence-corrected chi connectivity index (χ4v) is 3.75. The third kappa shape index (κ3) is 5.24. The van der Waals surface area contributed by atoms with Gasteiger partial charge in [-0.25, -0.2) is 0 Å². The minimum atomic E-state index is -0.00426. The van der Waals surface area contributed by atoms with Crippen LogP contribution in [0.5, 0.6) is 0 Å². The van der Waals surface area contributed by atoms with Crippen LogP contribution >= 0.6 is 12.4 Å². The van der Waals surface area contributed by atoms with E-state index in [9.17, 15) is 9.59 Å². The Hall–Kier alpha value is -2.11. The lowest BCUT2D eigenvalue weighted by molar-refractivity contribution is -0.126. The van der Waals surface area contributed by atoms with Gasteiger partial charge in [-0.2, -0.15) is 0 Å². The number of likely N-dealkylation sites (N-methyl/N-ethyl adjacent to an activating group) is 1. The molecule has 3 rings (SSSR count). The van der Waals surface area contributed by atoms with Crippen LogP contribution in [0.25, 0.3) is 10.8 Å². The summed E-state index contributed by atoms with van der Waals surface area (Å²) in [6, 6.07) is 14.1. The zero-order valence-corrected chi connectivity index (χ0v) is 17.4. The van der Waals surface area contributed by atoms with Crippen molar-refractivity contribution >= 4 is 35.0 Å². The maximum atomic E-state index is 13.0. The van der Waals surface area contributed by atoms with Crippen molar-refractivity contribution in [2.45, 2.75) is 32.7 Å². The molecule has 0 unspecified atom stereocenters. The van der Waals surface area contributed by atoms with E-state index in [1.807, 2.05) is 47.4 Å². The third-order valence-corrected chi connectivity index (χ3v) is 5.31. The second-order valence-corrected chi connectivity index (χ2v) is 7.30. The van der Waals surface area contributed by atoms with Gasteiger partial charge in [0.25, 0.3) is 5.91 Å². The topological polar surface area (TPSA) is 61.4 Å². The molecule has 1 aliphatic rings. The molecule has 1 aliphatic heterocycles. The summed E-state index contributed by atoms with van der Waals surface area (Å²) in [4.78, 5) is 27.3. The Labute approximate surface area is 173 Å². The summed E-state index contributed by atoms with van der Waals surface area (Å²) < 4.78 is 0. The maximum absolute atomic E-state index is 13.0. The molecule has 0 spiro atoms. The van der Waals surface area contributed by atoms with E-state index in [4.69, 9.17) is 0 Å². The molecule has 1 atom stereocenters. The molecule has 0 aliphatic carbocycles. The number of halogens is 1. The van der Waals surface area contributed by atoms with Crippen molar-refractivity contribution in [3.05, 3.63) is 48.0 Å². The number of fused-ring (bicyclic) bond motifs is 1. The fraction of sp³-hybridized carbons (Fsp3) is 0.455. The molecule has 152 valence electrons. The van der Waals surface area contributed by atoms with Crippen molar-refractivity contribution in [2.24, 2.45) is 5.92 Å². The van der Waals surface area contributed by atoms with Crippen molar-refractivity contribution < 1.29 is 9.59 Å². The molecule has 0 bridgehead atoms. The van der Waals surface area contributed by atoms with Gasteiger partial charge in [-0.3, -0.25) is 9.59 Å². The van der Waals surface area contributed by atoms with Gasteiger partial charge in [0.15, 0.2) is 0 Å². The largest absolute Gasteiger partial charge is 0.354 e. The van der Waals surface area contributed by atoms with Gasteiger partial charge in [0.05, 0.1) is 0 Å². The van der Waals surface area contributed by atoms with E-state index < -0.39 is 0 Å². The van der Waals surface area contributed by atoms with Gasteiger partial charge >= 0.3 is 0 Å². The molecule has 5 nitrogen and oxygen atoms in total. The molecule has 2 amide bonds. The summed E-state index contributed by atoms with van der Waals surface area (Å²) in [6.07, 6.45) is 1.44. The van der Waals surface area contributed by atoms with Crippen molar-refractivity contribution in [1.82, 2.24) is 15.5 Å². The summed E-state index contributed by atoms with van der Waals surface area (Å²) >= 11 is 0. The molecular formula is C22H30ClN3O2. The Morgan fingerprint density at radius 1 is 1.11 bits per heavy atom. The fourth-order valence-electron chi connectivity index (χ4n) is 3.75. The van der Waals surface area contributed by atoms with Crippen molar-refractivity contribution in [3.8, 4) is 0 Å². The SMILES string of the molecule is CCN[C@H](C)CNC(=O)C1CCN(C(=O)c2cccc3ccccc23)CC1.Cl. The molecule has 1 heterocycles. The lowest BCUT2D eigenvalue weighted by atomic mass is 9.94. The first kappa shape index (κ1) is 22.2. The summed E-state index contributed by atoms with van der Waals surface area (Å²) in [6.45, 7) is 6.91. The first-order valence-electron chi connectivity index (χ1n) is 9.88. The Balaban J connectivity index is 0.00000280. The number of carbonyl (C=O) groups is 2. The third-order valence-electron chi connectivity index (χ3n) is 5.31. The number of hydrogen-bond acceptors (Lipinski definition) is 3. The van der Waals surface area contributed by atoms with Gasteiger partial charge in [-0.15, -0.1) is 12.4 Å². The molecule has 1 saturated heterocycles. The first-order valence-corrected chi connectivity index (χ1v) is 9.88. The smallest absolute Gasteiger partial charge is 0.254 e. The second-order valence-electron chi connectivity index (χ2n) is 7.30. The lowest BCUT2D eigenvalue weighted by Gasteiger charge is -2.32. The van der Waals surface area contributed by atoms with Crippen LogP contribution in [0.15, 0.2) is 42.5 Å². The number of benzene rings is 2. The molecular weight excluding hydrogens is 374 g/mol. The number of hydrogen-bond donors (Lipinski definition) is 2. The summed E-state index contributed by atoms with van der Waals surface area (Å²) in [7, 11) is 0. The number of nitrogens with one attached hydrogen (secondary N) is 2. The number of rotatable bonds is 6. The molecule has 2 aromatic rings. The molecule has 6 heteroatoms. The number of amides is 2. The molecule has 2 aromatic carbocycles. The highest BCUT2D eigenvalue weighted by molar-refractivity contribution is 6.07. The zero-order chi connectivity index (χ0) is 19.2. The highest BCUT2D eigenvalue weighted by Crippen LogP contribution is 2.23. The van der Waals surface area contributed by atoms with E-state index in [1.54, 1.807) is 0 Å². The van der Waals surface area contributed by atoms with Gasteiger partial charge in [-0.1, -0.05) is 43.3 Å². The van der Waals surface area contributed by atoms with Crippen LogP contribution in [0.4, 0.5) is 0 Å². The highest BCUT2D eigenvalue weighted by atomic mass is 35.5. The summed E-state index contributed by atoms with van der Waals surface area (Å²) in [5.41, 5.74) is 0.746. The Morgan fingerprint density at radius 3 is 2.50 bits per heavy atom. The van der Waals surface area contributed by atoms with Gasteiger partial charge in [-0.05, 0) is 43.1 Å². The average molecular weight is 404 g/mol. The predicted octanol–water partition coefficient (Wildman–Crippen LogP) is 3.23. The maximum Gasteiger partial charge on any atom is 0.254 e. The monoisotopic (exact) mass is 403 g/mol. The minimum Gasteiger partial charge on any atom is -0.354 e. The molecule has 1 fully saturated rings. The number of piperidine rings is 1. The van der Waals surface area contributed by atoms with Gasteiger partial charge in [0.1, 0.15) is 0 Å². The van der Waals surface area contributed by atoms with Crippen molar-refractivity contribution in [1.29, 1.82) is 0 Å². The molecule has 2 N–H and O–H groups in total. The van der Waals surface area contributed by atoms with Gasteiger partial charge < -0.3 is 15.5 Å². The van der Waals surface area contributed by atoms with E-state index in [-0.39, 0.29) is 36.2 Å². The van der Waals surface area contributed by atoms with Crippen molar-refractivity contribution in [3.63, 3.8) is 0 Å². The molecule has 28 heavy (non-hydrogen) atoms. The van der Waals surface area contributed by atoms with E-state index >= 15 is 0 Å². The van der Waals surface area contributed by atoms with Crippen LogP contribution in [0.2, 0.25) is 0 Å². The average Bonchev–Trinajstić information content (AvgIpc) is 2.71. The summed E-state index contributed by atoms with van der Waals surface area (Å²) in [5, 5.41) is 8.39. The Bertz CT molecular complexity index is 798. The van der Waals surface area contributed by atoms with E-state index in [1.165, 1.54) is 0 Å². The Kier molecular flexibility index (Phi) is 8.27. The summed E-state index contributed by atoms with van der Waals surface area (Å²) in [5.74, 6) is 0.166. The van der Waals surface area contributed by atoms with Crippen LogP contribution in [0.1, 0.15) is 37.0 Å². The quantitative estimate of drug-likeness (QED) is 0.778. The normalized spacial score (nSPS) is 15.7. The zero-order valence-electron chi connectivity index (χ0n) is 16.6. The standard InChI is InChI=1S/C22H29N3O2.ClH/c1-3-23-16(2)15-24-21(26)18-11-13-25(14-12-18)22(27)20-10-6-8-17-7-4-5-9-19(17)20;/h4-10,16,18,23H,3,11-15H2,1-2H3,(H,24,26);1H/t16-;/m1./s1. The highest BCUT2D eigenvalue weighted by Gasteiger charge is 2.28.